The number of aryl methyl sites for hydroxylation is 2. The first-order valence-electron chi connectivity index (χ1n) is 7.84. The van der Waals surface area contributed by atoms with Gasteiger partial charge in [0, 0.05) is 5.10 Å². The second-order valence-corrected chi connectivity index (χ2v) is 5.78. The lowest BCUT2D eigenvalue weighted by Crippen LogP contribution is -2.30. The van der Waals surface area contributed by atoms with E-state index in [1.165, 1.54) is 30.5 Å². The van der Waals surface area contributed by atoms with Gasteiger partial charge in [-0.3, -0.25) is 4.79 Å². The SMILES string of the molecule is Cc1ccc(C(=O)Nc2ccn[n+]([O-])c2)c(Oc2ccc(F)cc2C)c1. The average Bonchev–Trinajstić information content (AvgIpc) is 2.57. The van der Waals surface area contributed by atoms with Gasteiger partial charge in [0.25, 0.3) is 5.91 Å². The van der Waals surface area contributed by atoms with Crippen LogP contribution in [0, 0.1) is 24.9 Å². The van der Waals surface area contributed by atoms with Crippen molar-refractivity contribution in [2.75, 3.05) is 5.32 Å². The van der Waals surface area contributed by atoms with Gasteiger partial charge in [-0.05, 0) is 61.4 Å². The molecule has 0 saturated carbocycles. The maximum absolute atomic E-state index is 13.3. The molecule has 3 rings (SSSR count). The van der Waals surface area contributed by atoms with Gasteiger partial charge in [-0.2, -0.15) is 0 Å². The van der Waals surface area contributed by atoms with Gasteiger partial charge in [0.1, 0.15) is 23.0 Å². The van der Waals surface area contributed by atoms with Crippen molar-refractivity contribution in [2.24, 2.45) is 0 Å². The van der Waals surface area contributed by atoms with Gasteiger partial charge in [-0.1, -0.05) is 10.9 Å². The molecule has 1 heterocycles. The number of ether oxygens (including phenoxy) is 1. The van der Waals surface area contributed by atoms with Gasteiger partial charge in [-0.25, -0.2) is 4.39 Å². The van der Waals surface area contributed by atoms with Crippen molar-refractivity contribution >= 4 is 11.6 Å². The van der Waals surface area contributed by atoms with Crippen LogP contribution in [0.5, 0.6) is 11.5 Å². The Labute approximate surface area is 149 Å². The number of nitrogens with zero attached hydrogens (tertiary/aromatic N) is 2. The van der Waals surface area contributed by atoms with E-state index in [-0.39, 0.29) is 11.4 Å². The maximum Gasteiger partial charge on any atom is 0.259 e. The van der Waals surface area contributed by atoms with E-state index < -0.39 is 5.91 Å². The topological polar surface area (TPSA) is 78.2 Å². The van der Waals surface area contributed by atoms with E-state index in [1.807, 2.05) is 6.92 Å². The summed E-state index contributed by atoms with van der Waals surface area (Å²) in [5, 5.41) is 17.3. The Morgan fingerprint density at radius 3 is 2.69 bits per heavy atom. The smallest absolute Gasteiger partial charge is 0.259 e. The first-order chi connectivity index (χ1) is 12.4. The molecule has 1 amide bonds. The molecule has 3 aromatic rings. The van der Waals surface area contributed by atoms with Crippen molar-refractivity contribution in [3.63, 3.8) is 0 Å². The predicted molar refractivity (Wildman–Crippen MR) is 93.5 cm³/mol. The summed E-state index contributed by atoms with van der Waals surface area (Å²) < 4.78 is 19.1. The summed E-state index contributed by atoms with van der Waals surface area (Å²) in [5.74, 6) is -0.0137. The van der Waals surface area contributed by atoms with Crippen LogP contribution >= 0.6 is 0 Å². The summed E-state index contributed by atoms with van der Waals surface area (Å²) in [6.45, 7) is 3.59. The van der Waals surface area contributed by atoms with Gasteiger partial charge in [0.15, 0.2) is 0 Å². The van der Waals surface area contributed by atoms with Crippen LogP contribution in [0.4, 0.5) is 10.1 Å². The summed E-state index contributed by atoms with van der Waals surface area (Å²) in [4.78, 5) is 13.0. The zero-order valence-electron chi connectivity index (χ0n) is 14.2. The van der Waals surface area contributed by atoms with Crippen LogP contribution in [-0.2, 0) is 0 Å². The van der Waals surface area contributed by atoms with Crippen LogP contribution in [0.25, 0.3) is 0 Å². The molecule has 132 valence electrons. The third-order valence-corrected chi connectivity index (χ3v) is 3.68. The largest absolute Gasteiger partial charge is 0.594 e. The van der Waals surface area contributed by atoms with E-state index in [0.29, 0.717) is 27.6 Å². The summed E-state index contributed by atoms with van der Waals surface area (Å²) in [6.07, 6.45) is 2.44. The molecule has 0 saturated heterocycles. The maximum atomic E-state index is 13.3. The Morgan fingerprint density at radius 2 is 1.96 bits per heavy atom. The van der Waals surface area contributed by atoms with Gasteiger partial charge < -0.3 is 15.3 Å². The number of halogens is 1. The Morgan fingerprint density at radius 1 is 1.15 bits per heavy atom. The molecular weight excluding hydrogens is 337 g/mol. The minimum atomic E-state index is -0.439. The molecule has 0 spiro atoms. The van der Waals surface area contributed by atoms with E-state index >= 15 is 0 Å². The zero-order valence-corrected chi connectivity index (χ0v) is 14.2. The molecular formula is C19H16FN3O3. The second-order valence-electron chi connectivity index (χ2n) is 5.78. The number of aromatic nitrogens is 2. The molecule has 0 aliphatic heterocycles. The minimum Gasteiger partial charge on any atom is -0.594 e. The highest BCUT2D eigenvalue weighted by Gasteiger charge is 2.16. The number of rotatable bonds is 4. The molecule has 0 atom stereocenters. The number of benzene rings is 2. The monoisotopic (exact) mass is 353 g/mol. The number of anilines is 1. The molecule has 2 aromatic carbocycles. The first kappa shape index (κ1) is 17.3. The molecule has 0 bridgehead atoms. The average molecular weight is 353 g/mol. The molecule has 0 fully saturated rings. The normalized spacial score (nSPS) is 10.4. The number of nitrogens with one attached hydrogen (secondary N) is 1. The van der Waals surface area contributed by atoms with Gasteiger partial charge in [-0.15, -0.1) is 0 Å². The van der Waals surface area contributed by atoms with Crippen molar-refractivity contribution in [2.45, 2.75) is 13.8 Å². The number of carbonyl (C=O) groups excluding carboxylic acids is 1. The highest BCUT2D eigenvalue weighted by Crippen LogP contribution is 2.29. The Kier molecular flexibility index (Phi) is 4.79. The highest BCUT2D eigenvalue weighted by molar-refractivity contribution is 6.06. The molecule has 6 nitrogen and oxygen atoms in total. The van der Waals surface area contributed by atoms with Crippen molar-refractivity contribution in [1.29, 1.82) is 0 Å². The van der Waals surface area contributed by atoms with Crippen LogP contribution in [-0.4, -0.2) is 11.0 Å². The van der Waals surface area contributed by atoms with E-state index in [4.69, 9.17) is 4.74 Å². The summed E-state index contributed by atoms with van der Waals surface area (Å²) in [7, 11) is 0. The number of hydrogen-bond donors (Lipinski definition) is 1. The van der Waals surface area contributed by atoms with Crippen LogP contribution in [0.2, 0.25) is 0 Å². The fourth-order valence-corrected chi connectivity index (χ4v) is 2.39. The van der Waals surface area contributed by atoms with Crippen LogP contribution in [0.3, 0.4) is 0 Å². The highest BCUT2D eigenvalue weighted by atomic mass is 19.1. The Hall–Kier alpha value is -3.48. The van der Waals surface area contributed by atoms with Crippen molar-refractivity contribution in [1.82, 2.24) is 5.10 Å². The third kappa shape index (κ3) is 3.94. The molecule has 0 aliphatic rings. The summed E-state index contributed by atoms with van der Waals surface area (Å²) in [5.41, 5.74) is 2.11. The quantitative estimate of drug-likeness (QED) is 0.575. The van der Waals surface area contributed by atoms with E-state index in [0.717, 1.165) is 11.8 Å². The number of amides is 1. The standard InChI is InChI=1S/C19H16FN3O3/c1-12-3-5-16(19(24)22-15-7-8-21-23(25)11-15)18(9-12)26-17-6-4-14(20)10-13(17)2/h3-11H,1-2H3,(H,22,24). The van der Waals surface area contributed by atoms with Crippen molar-refractivity contribution < 1.29 is 18.8 Å². The predicted octanol–water partition coefficient (Wildman–Crippen LogP) is 3.52. The molecule has 7 heteroatoms. The zero-order chi connectivity index (χ0) is 18.7. The first-order valence-corrected chi connectivity index (χ1v) is 7.84. The van der Waals surface area contributed by atoms with Crippen molar-refractivity contribution in [3.8, 4) is 11.5 Å². The molecule has 26 heavy (non-hydrogen) atoms. The summed E-state index contributed by atoms with van der Waals surface area (Å²) >= 11 is 0. The van der Waals surface area contributed by atoms with Crippen LogP contribution in [0.15, 0.2) is 54.9 Å². The lowest BCUT2D eigenvalue weighted by Gasteiger charge is -2.13. The lowest BCUT2D eigenvalue weighted by molar-refractivity contribution is -0.668. The van der Waals surface area contributed by atoms with E-state index in [1.54, 1.807) is 25.1 Å². The fourth-order valence-electron chi connectivity index (χ4n) is 2.39. The molecule has 0 unspecified atom stereocenters. The van der Waals surface area contributed by atoms with Gasteiger partial charge in [0.2, 0.25) is 6.20 Å². The van der Waals surface area contributed by atoms with E-state index in [9.17, 15) is 14.4 Å². The van der Waals surface area contributed by atoms with Crippen LogP contribution in [0.1, 0.15) is 21.5 Å². The van der Waals surface area contributed by atoms with Crippen LogP contribution < -0.4 is 14.9 Å². The second kappa shape index (κ2) is 7.18. The molecule has 1 aromatic heterocycles. The van der Waals surface area contributed by atoms with Gasteiger partial charge >= 0.3 is 0 Å². The third-order valence-electron chi connectivity index (χ3n) is 3.68. The lowest BCUT2D eigenvalue weighted by atomic mass is 10.1. The molecule has 0 aliphatic carbocycles. The molecule has 1 N–H and O–H groups in total. The van der Waals surface area contributed by atoms with E-state index in [2.05, 4.69) is 10.4 Å². The minimum absolute atomic E-state index is 0.286. The number of hydrogen-bond acceptors (Lipinski definition) is 4. The number of carbonyl (C=O) groups is 1. The summed E-state index contributed by atoms with van der Waals surface area (Å²) in [6, 6.07) is 10.8. The fraction of sp³-hybridized carbons (Fsp3) is 0.105. The molecule has 0 radical (unpaired) electrons. The van der Waals surface area contributed by atoms with Gasteiger partial charge in [0.05, 0.1) is 11.8 Å². The van der Waals surface area contributed by atoms with Crippen molar-refractivity contribution in [3.05, 3.63) is 82.6 Å². The Balaban J connectivity index is 1.91. The Bertz CT molecular complexity index is 976.